The first kappa shape index (κ1) is 15.0. The van der Waals surface area contributed by atoms with Gasteiger partial charge in [-0.15, -0.1) is 0 Å². The van der Waals surface area contributed by atoms with Crippen LogP contribution in [0.15, 0.2) is 16.8 Å². The number of hydrogen-bond acceptors (Lipinski definition) is 7. The SMILES string of the molecule is CCSCc1cc(C(=O)Nc2ncc3c(n2)CCOC3)no1. The second-order valence-electron chi connectivity index (χ2n) is 4.74. The normalized spacial score (nSPS) is 13.7. The van der Waals surface area contributed by atoms with Crippen molar-refractivity contribution >= 4 is 23.6 Å². The summed E-state index contributed by atoms with van der Waals surface area (Å²) in [5.74, 6) is 2.27. The molecule has 1 amide bonds. The number of carbonyl (C=O) groups is 1. The number of amides is 1. The van der Waals surface area contributed by atoms with Crippen LogP contribution in [0.5, 0.6) is 0 Å². The molecule has 0 spiro atoms. The molecule has 0 aromatic carbocycles. The van der Waals surface area contributed by atoms with Gasteiger partial charge >= 0.3 is 0 Å². The summed E-state index contributed by atoms with van der Waals surface area (Å²) < 4.78 is 10.5. The molecular weight excluding hydrogens is 304 g/mol. The Morgan fingerprint density at radius 1 is 1.50 bits per heavy atom. The standard InChI is InChI=1S/C14H16N4O3S/c1-2-22-8-10-5-12(18-21-10)13(19)17-14-15-6-9-7-20-4-3-11(9)16-14/h5-6H,2-4,7-8H2,1H3,(H,15,16,17,19). The maximum absolute atomic E-state index is 12.1. The molecule has 2 aromatic heterocycles. The summed E-state index contributed by atoms with van der Waals surface area (Å²) in [4.78, 5) is 20.6. The Labute approximate surface area is 131 Å². The van der Waals surface area contributed by atoms with E-state index in [1.54, 1.807) is 24.0 Å². The molecule has 116 valence electrons. The number of carbonyl (C=O) groups excluding carboxylic acids is 1. The highest BCUT2D eigenvalue weighted by atomic mass is 32.2. The molecule has 0 bridgehead atoms. The van der Waals surface area contributed by atoms with E-state index in [1.807, 2.05) is 0 Å². The highest BCUT2D eigenvalue weighted by Crippen LogP contribution is 2.16. The zero-order valence-electron chi connectivity index (χ0n) is 12.2. The van der Waals surface area contributed by atoms with Crippen molar-refractivity contribution in [1.29, 1.82) is 0 Å². The van der Waals surface area contributed by atoms with Gasteiger partial charge in [-0.05, 0) is 5.75 Å². The predicted octanol–water partition coefficient (Wildman–Crippen LogP) is 2.04. The summed E-state index contributed by atoms with van der Waals surface area (Å²) in [5.41, 5.74) is 2.11. The molecule has 0 saturated heterocycles. The van der Waals surface area contributed by atoms with Crippen molar-refractivity contribution in [2.24, 2.45) is 0 Å². The van der Waals surface area contributed by atoms with Crippen LogP contribution >= 0.6 is 11.8 Å². The molecule has 0 saturated carbocycles. The fraction of sp³-hybridized carbons (Fsp3) is 0.429. The number of nitrogens with one attached hydrogen (secondary N) is 1. The number of fused-ring (bicyclic) bond motifs is 1. The van der Waals surface area contributed by atoms with Crippen LogP contribution in [0.25, 0.3) is 0 Å². The van der Waals surface area contributed by atoms with Crippen LogP contribution in [0.1, 0.15) is 34.4 Å². The van der Waals surface area contributed by atoms with E-state index in [0.717, 1.165) is 23.4 Å². The maximum Gasteiger partial charge on any atom is 0.280 e. The Kier molecular flexibility index (Phi) is 4.69. The van der Waals surface area contributed by atoms with Crippen LogP contribution in [0.4, 0.5) is 5.95 Å². The van der Waals surface area contributed by atoms with Gasteiger partial charge in [0.1, 0.15) is 5.76 Å². The lowest BCUT2D eigenvalue weighted by atomic mass is 10.1. The zero-order valence-corrected chi connectivity index (χ0v) is 13.0. The first-order valence-corrected chi connectivity index (χ1v) is 8.19. The molecule has 1 aliphatic rings. The third kappa shape index (κ3) is 3.45. The second-order valence-corrected chi connectivity index (χ2v) is 6.01. The van der Waals surface area contributed by atoms with E-state index < -0.39 is 0 Å². The highest BCUT2D eigenvalue weighted by molar-refractivity contribution is 7.98. The molecule has 8 heteroatoms. The van der Waals surface area contributed by atoms with Crippen LogP contribution in [0.2, 0.25) is 0 Å². The Morgan fingerprint density at radius 2 is 2.41 bits per heavy atom. The lowest BCUT2D eigenvalue weighted by Crippen LogP contribution is -2.18. The van der Waals surface area contributed by atoms with Gasteiger partial charge in [0.15, 0.2) is 5.69 Å². The summed E-state index contributed by atoms with van der Waals surface area (Å²) in [6.45, 7) is 3.22. The van der Waals surface area contributed by atoms with Crippen molar-refractivity contribution < 1.29 is 14.1 Å². The van der Waals surface area contributed by atoms with Gasteiger partial charge in [0, 0.05) is 24.2 Å². The molecule has 3 rings (SSSR count). The number of ether oxygens (including phenoxy) is 1. The van der Waals surface area contributed by atoms with Gasteiger partial charge in [-0.2, -0.15) is 11.8 Å². The molecule has 3 heterocycles. The number of anilines is 1. The van der Waals surface area contributed by atoms with Gasteiger partial charge < -0.3 is 9.26 Å². The van der Waals surface area contributed by atoms with Crippen molar-refractivity contribution in [3.05, 3.63) is 35.0 Å². The van der Waals surface area contributed by atoms with Crippen LogP contribution < -0.4 is 5.32 Å². The quantitative estimate of drug-likeness (QED) is 0.901. The van der Waals surface area contributed by atoms with E-state index >= 15 is 0 Å². The lowest BCUT2D eigenvalue weighted by Gasteiger charge is -2.15. The number of thioether (sulfide) groups is 1. The van der Waals surface area contributed by atoms with Gasteiger partial charge in [0.2, 0.25) is 5.95 Å². The van der Waals surface area contributed by atoms with E-state index in [-0.39, 0.29) is 17.5 Å². The molecule has 7 nitrogen and oxygen atoms in total. The van der Waals surface area contributed by atoms with Crippen molar-refractivity contribution in [3.8, 4) is 0 Å². The molecular formula is C14H16N4O3S. The smallest absolute Gasteiger partial charge is 0.280 e. The van der Waals surface area contributed by atoms with Crippen LogP contribution in [0.3, 0.4) is 0 Å². The minimum absolute atomic E-state index is 0.233. The van der Waals surface area contributed by atoms with Gasteiger partial charge in [-0.25, -0.2) is 9.97 Å². The monoisotopic (exact) mass is 320 g/mol. The Hall–Kier alpha value is -1.93. The highest BCUT2D eigenvalue weighted by Gasteiger charge is 2.16. The molecule has 0 fully saturated rings. The van der Waals surface area contributed by atoms with E-state index in [2.05, 4.69) is 27.4 Å². The molecule has 0 atom stereocenters. The Bertz CT molecular complexity index is 674. The first-order chi connectivity index (χ1) is 10.8. The second kappa shape index (κ2) is 6.89. The first-order valence-electron chi connectivity index (χ1n) is 7.03. The Balaban J connectivity index is 1.67. The molecule has 1 aliphatic heterocycles. The molecule has 0 unspecified atom stereocenters. The molecule has 22 heavy (non-hydrogen) atoms. The van der Waals surface area contributed by atoms with E-state index in [1.165, 1.54) is 0 Å². The third-order valence-corrected chi connectivity index (χ3v) is 4.06. The summed E-state index contributed by atoms with van der Waals surface area (Å²) in [6.07, 6.45) is 2.41. The largest absolute Gasteiger partial charge is 0.376 e. The van der Waals surface area contributed by atoms with Crippen LogP contribution in [-0.2, 0) is 23.5 Å². The van der Waals surface area contributed by atoms with Crippen LogP contribution in [-0.4, -0.2) is 33.4 Å². The van der Waals surface area contributed by atoms with Gasteiger partial charge in [-0.3, -0.25) is 10.1 Å². The molecule has 2 aromatic rings. The number of nitrogens with zero attached hydrogens (tertiary/aromatic N) is 3. The molecule has 0 radical (unpaired) electrons. The fourth-order valence-electron chi connectivity index (χ4n) is 2.05. The average molecular weight is 320 g/mol. The summed E-state index contributed by atoms with van der Waals surface area (Å²) >= 11 is 1.70. The Morgan fingerprint density at radius 3 is 3.27 bits per heavy atom. The van der Waals surface area contributed by atoms with Crippen molar-refractivity contribution in [1.82, 2.24) is 15.1 Å². The predicted molar refractivity (Wildman–Crippen MR) is 81.7 cm³/mol. The van der Waals surface area contributed by atoms with E-state index in [9.17, 15) is 4.79 Å². The minimum atomic E-state index is -0.372. The fourth-order valence-corrected chi connectivity index (χ4v) is 2.59. The third-order valence-electron chi connectivity index (χ3n) is 3.16. The number of hydrogen-bond donors (Lipinski definition) is 1. The van der Waals surface area contributed by atoms with Crippen LogP contribution in [0, 0.1) is 0 Å². The van der Waals surface area contributed by atoms with Gasteiger partial charge in [-0.1, -0.05) is 12.1 Å². The van der Waals surface area contributed by atoms with E-state index in [4.69, 9.17) is 9.26 Å². The summed E-state index contributed by atoms with van der Waals surface area (Å²) in [5, 5.41) is 6.42. The van der Waals surface area contributed by atoms with Crippen molar-refractivity contribution in [2.75, 3.05) is 17.7 Å². The number of rotatable bonds is 5. The number of aromatic nitrogens is 3. The maximum atomic E-state index is 12.1. The molecule has 1 N–H and O–H groups in total. The van der Waals surface area contributed by atoms with Crippen molar-refractivity contribution in [2.45, 2.75) is 25.7 Å². The lowest BCUT2D eigenvalue weighted by molar-refractivity contribution is 0.101. The minimum Gasteiger partial charge on any atom is -0.376 e. The summed E-state index contributed by atoms with van der Waals surface area (Å²) in [7, 11) is 0. The summed E-state index contributed by atoms with van der Waals surface area (Å²) in [6, 6.07) is 1.64. The average Bonchev–Trinajstić information content (AvgIpc) is 3.02. The van der Waals surface area contributed by atoms with Gasteiger partial charge in [0.25, 0.3) is 5.91 Å². The van der Waals surface area contributed by atoms with E-state index in [0.29, 0.717) is 24.7 Å². The van der Waals surface area contributed by atoms with Gasteiger partial charge in [0.05, 0.1) is 24.7 Å². The van der Waals surface area contributed by atoms with Crippen molar-refractivity contribution in [3.63, 3.8) is 0 Å². The topological polar surface area (TPSA) is 90.1 Å². The zero-order chi connectivity index (χ0) is 15.4. The molecule has 0 aliphatic carbocycles.